The quantitative estimate of drug-likeness (QED) is 0.924. The van der Waals surface area contributed by atoms with Crippen LogP contribution in [0.15, 0.2) is 18.2 Å². The van der Waals surface area contributed by atoms with E-state index in [0.29, 0.717) is 17.1 Å². The molecule has 0 bridgehead atoms. The van der Waals surface area contributed by atoms with E-state index in [9.17, 15) is 5.26 Å². The molecule has 1 N–H and O–H groups in total. The lowest BCUT2D eigenvalue weighted by Gasteiger charge is -2.32. The molecule has 2 fully saturated rings. The van der Waals surface area contributed by atoms with Crippen molar-refractivity contribution in [3.05, 3.63) is 28.8 Å². The molecule has 4 heteroatoms. The van der Waals surface area contributed by atoms with E-state index in [4.69, 9.17) is 11.6 Å². The first kappa shape index (κ1) is 13.7. The SMILES string of the molecule is N#Cc1ccc(Cl)cc1N(CC1CCCCN1)C1CC1. The van der Waals surface area contributed by atoms with Crippen molar-refractivity contribution in [2.24, 2.45) is 0 Å². The maximum absolute atomic E-state index is 9.33. The van der Waals surface area contributed by atoms with Crippen LogP contribution in [0, 0.1) is 11.3 Å². The molecule has 1 aliphatic heterocycles. The summed E-state index contributed by atoms with van der Waals surface area (Å²) >= 11 is 6.13. The summed E-state index contributed by atoms with van der Waals surface area (Å²) in [6.45, 7) is 2.10. The summed E-state index contributed by atoms with van der Waals surface area (Å²) in [6.07, 6.45) is 6.26. The van der Waals surface area contributed by atoms with E-state index in [1.54, 1.807) is 6.07 Å². The Labute approximate surface area is 125 Å². The van der Waals surface area contributed by atoms with Gasteiger partial charge in [-0.1, -0.05) is 18.0 Å². The normalized spacial score (nSPS) is 22.3. The maximum atomic E-state index is 9.33. The lowest BCUT2D eigenvalue weighted by Crippen LogP contribution is -2.44. The first-order chi connectivity index (χ1) is 9.78. The zero-order valence-electron chi connectivity index (χ0n) is 11.6. The second-order valence-electron chi connectivity index (χ2n) is 5.80. The van der Waals surface area contributed by atoms with Crippen molar-refractivity contribution in [2.45, 2.75) is 44.2 Å². The number of anilines is 1. The van der Waals surface area contributed by atoms with Crippen LogP contribution in [0.1, 0.15) is 37.7 Å². The molecule has 0 amide bonds. The average molecular weight is 290 g/mol. The third kappa shape index (κ3) is 3.08. The zero-order valence-corrected chi connectivity index (χ0v) is 12.4. The minimum Gasteiger partial charge on any atom is -0.366 e. The summed E-state index contributed by atoms with van der Waals surface area (Å²) in [7, 11) is 0. The van der Waals surface area contributed by atoms with Crippen molar-refractivity contribution in [3.8, 4) is 6.07 Å². The van der Waals surface area contributed by atoms with Crippen molar-refractivity contribution < 1.29 is 0 Å². The van der Waals surface area contributed by atoms with Crippen LogP contribution >= 0.6 is 11.6 Å². The van der Waals surface area contributed by atoms with Gasteiger partial charge in [-0.3, -0.25) is 0 Å². The topological polar surface area (TPSA) is 39.1 Å². The molecule has 0 spiro atoms. The van der Waals surface area contributed by atoms with E-state index in [-0.39, 0.29) is 0 Å². The number of hydrogen-bond donors (Lipinski definition) is 1. The number of nitrogens with zero attached hydrogens (tertiary/aromatic N) is 2. The third-order valence-corrected chi connectivity index (χ3v) is 4.44. The third-order valence-electron chi connectivity index (χ3n) is 4.21. The molecule has 3 rings (SSSR count). The summed E-state index contributed by atoms with van der Waals surface area (Å²) in [5.74, 6) is 0. The first-order valence-corrected chi connectivity index (χ1v) is 7.85. The van der Waals surface area contributed by atoms with Gasteiger partial charge in [0.25, 0.3) is 0 Å². The fraction of sp³-hybridized carbons (Fsp3) is 0.562. The number of piperidine rings is 1. The number of nitriles is 1. The van der Waals surface area contributed by atoms with Crippen LogP contribution in [0.4, 0.5) is 5.69 Å². The zero-order chi connectivity index (χ0) is 13.9. The number of halogens is 1. The van der Waals surface area contributed by atoms with Crippen molar-refractivity contribution in [1.29, 1.82) is 5.26 Å². The van der Waals surface area contributed by atoms with Crippen molar-refractivity contribution in [1.82, 2.24) is 5.32 Å². The highest BCUT2D eigenvalue weighted by molar-refractivity contribution is 6.30. The minimum atomic E-state index is 0.537. The van der Waals surface area contributed by atoms with Crippen LogP contribution in [0.25, 0.3) is 0 Å². The molecule has 106 valence electrons. The predicted molar refractivity (Wildman–Crippen MR) is 82.2 cm³/mol. The summed E-state index contributed by atoms with van der Waals surface area (Å²) in [5, 5.41) is 13.6. The summed E-state index contributed by atoms with van der Waals surface area (Å²) in [5.41, 5.74) is 1.74. The lowest BCUT2D eigenvalue weighted by molar-refractivity contribution is 0.398. The van der Waals surface area contributed by atoms with Gasteiger partial charge in [0.2, 0.25) is 0 Å². The van der Waals surface area contributed by atoms with E-state index in [2.05, 4.69) is 16.3 Å². The smallest absolute Gasteiger partial charge is 0.101 e. The van der Waals surface area contributed by atoms with E-state index in [1.807, 2.05) is 12.1 Å². The molecular weight excluding hydrogens is 270 g/mol. The molecule has 1 aromatic carbocycles. The molecule has 3 nitrogen and oxygen atoms in total. The molecule has 0 aromatic heterocycles. The summed E-state index contributed by atoms with van der Waals surface area (Å²) in [4.78, 5) is 2.40. The van der Waals surface area contributed by atoms with Gasteiger partial charge in [-0.25, -0.2) is 0 Å². The molecule has 1 unspecified atom stereocenters. The molecule has 2 aliphatic rings. The molecule has 20 heavy (non-hydrogen) atoms. The molecule has 1 saturated carbocycles. The second kappa shape index (κ2) is 6.03. The average Bonchev–Trinajstić information content (AvgIpc) is 3.30. The van der Waals surface area contributed by atoms with Gasteiger partial charge in [-0.05, 0) is 50.4 Å². The molecule has 0 radical (unpaired) electrons. The van der Waals surface area contributed by atoms with Crippen LogP contribution in [-0.4, -0.2) is 25.2 Å². The Balaban J connectivity index is 1.83. The van der Waals surface area contributed by atoms with E-state index < -0.39 is 0 Å². The molecule has 1 saturated heterocycles. The fourth-order valence-electron chi connectivity index (χ4n) is 2.98. The standard InChI is InChI=1S/C16H20ClN3/c17-13-5-4-12(10-18)16(9-13)20(15-6-7-15)11-14-3-1-2-8-19-14/h4-5,9,14-15,19H,1-3,6-8,11H2. The lowest BCUT2D eigenvalue weighted by atomic mass is 10.0. The number of rotatable bonds is 4. The van der Waals surface area contributed by atoms with Gasteiger partial charge < -0.3 is 10.2 Å². The molecule has 1 heterocycles. The Morgan fingerprint density at radius 3 is 2.80 bits per heavy atom. The van der Waals surface area contributed by atoms with Crippen molar-refractivity contribution in [2.75, 3.05) is 18.0 Å². The van der Waals surface area contributed by atoms with Crippen LogP contribution < -0.4 is 10.2 Å². The Hall–Kier alpha value is -1.24. The molecule has 1 aliphatic carbocycles. The fourth-order valence-corrected chi connectivity index (χ4v) is 3.15. The van der Waals surface area contributed by atoms with Gasteiger partial charge in [0.1, 0.15) is 6.07 Å². The van der Waals surface area contributed by atoms with Gasteiger partial charge in [0.05, 0.1) is 11.3 Å². The van der Waals surface area contributed by atoms with Gasteiger partial charge in [0, 0.05) is 23.7 Å². The predicted octanol–water partition coefficient (Wildman–Crippen LogP) is 3.32. The van der Waals surface area contributed by atoms with Crippen LogP contribution in [0.3, 0.4) is 0 Å². The molecular formula is C16H20ClN3. The summed E-state index contributed by atoms with van der Waals surface area (Å²) in [6, 6.07) is 9.01. The van der Waals surface area contributed by atoms with Crippen molar-refractivity contribution >= 4 is 17.3 Å². The van der Waals surface area contributed by atoms with Crippen LogP contribution in [-0.2, 0) is 0 Å². The van der Waals surface area contributed by atoms with Gasteiger partial charge >= 0.3 is 0 Å². The Bertz CT molecular complexity index is 513. The highest BCUT2D eigenvalue weighted by atomic mass is 35.5. The van der Waals surface area contributed by atoms with Gasteiger partial charge in [0.15, 0.2) is 0 Å². The largest absolute Gasteiger partial charge is 0.366 e. The Morgan fingerprint density at radius 1 is 1.30 bits per heavy atom. The number of nitrogens with one attached hydrogen (secondary N) is 1. The molecule has 1 aromatic rings. The first-order valence-electron chi connectivity index (χ1n) is 7.47. The highest BCUT2D eigenvalue weighted by Crippen LogP contribution is 2.35. The summed E-state index contributed by atoms with van der Waals surface area (Å²) < 4.78 is 0. The second-order valence-corrected chi connectivity index (χ2v) is 6.24. The van der Waals surface area contributed by atoms with E-state index in [0.717, 1.165) is 24.3 Å². The minimum absolute atomic E-state index is 0.537. The number of benzene rings is 1. The maximum Gasteiger partial charge on any atom is 0.101 e. The number of hydrogen-bond acceptors (Lipinski definition) is 3. The van der Waals surface area contributed by atoms with Crippen molar-refractivity contribution in [3.63, 3.8) is 0 Å². The van der Waals surface area contributed by atoms with E-state index >= 15 is 0 Å². The van der Waals surface area contributed by atoms with E-state index in [1.165, 1.54) is 32.1 Å². The molecule has 1 atom stereocenters. The highest BCUT2D eigenvalue weighted by Gasteiger charge is 2.32. The van der Waals surface area contributed by atoms with Gasteiger partial charge in [-0.15, -0.1) is 0 Å². The monoisotopic (exact) mass is 289 g/mol. The van der Waals surface area contributed by atoms with Gasteiger partial charge in [-0.2, -0.15) is 5.26 Å². The van der Waals surface area contributed by atoms with Crippen LogP contribution in [0.2, 0.25) is 5.02 Å². The Morgan fingerprint density at radius 2 is 2.15 bits per heavy atom. The van der Waals surface area contributed by atoms with Crippen LogP contribution in [0.5, 0.6) is 0 Å². The Kier molecular flexibility index (Phi) is 4.14.